The molecule has 3 nitrogen and oxygen atoms in total. The zero-order valence-electron chi connectivity index (χ0n) is 9.04. The summed E-state index contributed by atoms with van der Waals surface area (Å²) in [5.74, 6) is 0.289. The van der Waals surface area contributed by atoms with Crippen LogP contribution in [0.1, 0.15) is 4.88 Å². The SMILES string of the molecule is COc1ccc(F)cc1NCc1cnc(Cl)s1. The van der Waals surface area contributed by atoms with E-state index in [1.54, 1.807) is 19.4 Å². The third-order valence-corrected chi connectivity index (χ3v) is 3.25. The molecule has 0 saturated heterocycles. The second kappa shape index (κ2) is 5.33. The van der Waals surface area contributed by atoms with E-state index >= 15 is 0 Å². The number of halogens is 2. The van der Waals surface area contributed by atoms with Crippen LogP contribution >= 0.6 is 22.9 Å². The van der Waals surface area contributed by atoms with E-state index in [4.69, 9.17) is 16.3 Å². The van der Waals surface area contributed by atoms with Crippen LogP contribution in [0.25, 0.3) is 0 Å². The number of nitrogens with one attached hydrogen (secondary N) is 1. The summed E-state index contributed by atoms with van der Waals surface area (Å²) < 4.78 is 18.7. The van der Waals surface area contributed by atoms with Gasteiger partial charge in [-0.05, 0) is 12.1 Å². The topological polar surface area (TPSA) is 34.1 Å². The molecule has 2 aromatic rings. The van der Waals surface area contributed by atoms with Gasteiger partial charge in [-0.1, -0.05) is 11.6 Å². The van der Waals surface area contributed by atoms with E-state index in [1.807, 2.05) is 0 Å². The molecular formula is C11H10ClFN2OS. The highest BCUT2D eigenvalue weighted by atomic mass is 35.5. The molecule has 90 valence electrons. The van der Waals surface area contributed by atoms with Crippen LogP contribution in [-0.2, 0) is 6.54 Å². The number of nitrogens with zero attached hydrogens (tertiary/aromatic N) is 1. The van der Waals surface area contributed by atoms with Crippen LogP contribution in [0.3, 0.4) is 0 Å². The predicted molar refractivity (Wildman–Crippen MR) is 67.4 cm³/mol. The maximum absolute atomic E-state index is 13.1. The van der Waals surface area contributed by atoms with Gasteiger partial charge >= 0.3 is 0 Å². The van der Waals surface area contributed by atoms with Crippen molar-refractivity contribution in [2.45, 2.75) is 6.54 Å². The van der Waals surface area contributed by atoms with Gasteiger partial charge in [0.05, 0.1) is 19.3 Å². The van der Waals surface area contributed by atoms with Gasteiger partial charge in [0, 0.05) is 17.1 Å². The van der Waals surface area contributed by atoms with Gasteiger partial charge in [-0.25, -0.2) is 9.37 Å². The highest BCUT2D eigenvalue weighted by Crippen LogP contribution is 2.26. The molecule has 0 atom stereocenters. The molecule has 0 aliphatic rings. The lowest BCUT2D eigenvalue weighted by Gasteiger charge is -2.09. The number of ether oxygens (including phenoxy) is 1. The van der Waals surface area contributed by atoms with Crippen LogP contribution in [-0.4, -0.2) is 12.1 Å². The maximum atomic E-state index is 13.1. The summed E-state index contributed by atoms with van der Waals surface area (Å²) in [6.45, 7) is 0.532. The van der Waals surface area contributed by atoms with Crippen molar-refractivity contribution >= 4 is 28.6 Å². The molecule has 0 aliphatic carbocycles. The summed E-state index contributed by atoms with van der Waals surface area (Å²) in [5.41, 5.74) is 0.608. The molecule has 0 saturated carbocycles. The van der Waals surface area contributed by atoms with E-state index in [1.165, 1.54) is 23.5 Å². The van der Waals surface area contributed by atoms with Crippen LogP contribution in [0.4, 0.5) is 10.1 Å². The molecular weight excluding hydrogens is 263 g/mol. The molecule has 0 unspecified atom stereocenters. The second-order valence-electron chi connectivity index (χ2n) is 3.28. The fourth-order valence-electron chi connectivity index (χ4n) is 1.37. The minimum absolute atomic E-state index is 0.310. The largest absolute Gasteiger partial charge is 0.495 e. The average molecular weight is 273 g/mol. The molecule has 1 N–H and O–H groups in total. The minimum Gasteiger partial charge on any atom is -0.495 e. The lowest BCUT2D eigenvalue weighted by atomic mass is 10.3. The van der Waals surface area contributed by atoms with Crippen molar-refractivity contribution in [3.05, 3.63) is 39.6 Å². The molecule has 17 heavy (non-hydrogen) atoms. The second-order valence-corrected chi connectivity index (χ2v) is 4.98. The highest BCUT2D eigenvalue weighted by Gasteiger charge is 2.05. The fraction of sp³-hybridized carbons (Fsp3) is 0.182. The first-order valence-corrected chi connectivity index (χ1v) is 6.06. The number of thiazole rings is 1. The summed E-state index contributed by atoms with van der Waals surface area (Å²) in [7, 11) is 1.54. The van der Waals surface area contributed by atoms with Gasteiger partial charge in [-0.15, -0.1) is 11.3 Å². The highest BCUT2D eigenvalue weighted by molar-refractivity contribution is 7.15. The smallest absolute Gasteiger partial charge is 0.183 e. The summed E-state index contributed by atoms with van der Waals surface area (Å²) in [6, 6.07) is 4.33. The van der Waals surface area contributed by atoms with Crippen LogP contribution in [0.5, 0.6) is 5.75 Å². The Hall–Kier alpha value is -1.33. The Labute approximate surface area is 107 Å². The van der Waals surface area contributed by atoms with Crippen molar-refractivity contribution in [2.75, 3.05) is 12.4 Å². The van der Waals surface area contributed by atoms with E-state index in [0.717, 1.165) is 4.88 Å². The molecule has 2 rings (SSSR count). The lowest BCUT2D eigenvalue weighted by molar-refractivity contribution is 0.415. The third kappa shape index (κ3) is 3.08. The van der Waals surface area contributed by atoms with Crippen molar-refractivity contribution in [2.24, 2.45) is 0 Å². The molecule has 6 heteroatoms. The van der Waals surface area contributed by atoms with Crippen molar-refractivity contribution < 1.29 is 9.13 Å². The predicted octanol–water partition coefficient (Wildman–Crippen LogP) is 3.56. The first-order valence-electron chi connectivity index (χ1n) is 4.86. The van der Waals surface area contributed by atoms with E-state index in [0.29, 0.717) is 22.4 Å². The van der Waals surface area contributed by atoms with Gasteiger partial charge in [0.1, 0.15) is 11.6 Å². The van der Waals surface area contributed by atoms with E-state index in [2.05, 4.69) is 10.3 Å². The van der Waals surface area contributed by atoms with E-state index in [-0.39, 0.29) is 5.82 Å². The number of hydrogen-bond acceptors (Lipinski definition) is 4. The van der Waals surface area contributed by atoms with Crippen LogP contribution in [0.15, 0.2) is 24.4 Å². The van der Waals surface area contributed by atoms with Crippen LogP contribution in [0, 0.1) is 5.82 Å². The Morgan fingerprint density at radius 1 is 1.53 bits per heavy atom. The molecule has 0 bridgehead atoms. The number of hydrogen-bond donors (Lipinski definition) is 1. The van der Waals surface area contributed by atoms with Gasteiger partial charge in [-0.3, -0.25) is 0 Å². The van der Waals surface area contributed by atoms with Crippen LogP contribution in [0.2, 0.25) is 4.47 Å². The Balaban J connectivity index is 2.10. The van der Waals surface area contributed by atoms with Gasteiger partial charge in [-0.2, -0.15) is 0 Å². The maximum Gasteiger partial charge on any atom is 0.183 e. The van der Waals surface area contributed by atoms with Crippen molar-refractivity contribution in [3.63, 3.8) is 0 Å². The van der Waals surface area contributed by atoms with E-state index < -0.39 is 0 Å². The Bertz CT molecular complexity index is 518. The van der Waals surface area contributed by atoms with Crippen molar-refractivity contribution in [1.82, 2.24) is 4.98 Å². The number of rotatable bonds is 4. The molecule has 1 aromatic carbocycles. The van der Waals surface area contributed by atoms with Crippen LogP contribution < -0.4 is 10.1 Å². The molecule has 1 aromatic heterocycles. The average Bonchev–Trinajstić information content (AvgIpc) is 2.73. The summed E-state index contributed by atoms with van der Waals surface area (Å²) >= 11 is 7.10. The lowest BCUT2D eigenvalue weighted by Crippen LogP contribution is -2.00. The quantitative estimate of drug-likeness (QED) is 0.924. The van der Waals surface area contributed by atoms with E-state index in [9.17, 15) is 4.39 Å². The third-order valence-electron chi connectivity index (χ3n) is 2.14. The molecule has 0 amide bonds. The fourth-order valence-corrected chi connectivity index (χ4v) is 2.28. The van der Waals surface area contributed by atoms with Gasteiger partial charge < -0.3 is 10.1 Å². The minimum atomic E-state index is -0.310. The Morgan fingerprint density at radius 3 is 3.00 bits per heavy atom. The zero-order chi connectivity index (χ0) is 12.3. The number of methoxy groups -OCH3 is 1. The number of anilines is 1. The number of benzene rings is 1. The van der Waals surface area contributed by atoms with Gasteiger partial charge in [0.15, 0.2) is 4.47 Å². The van der Waals surface area contributed by atoms with Crippen molar-refractivity contribution in [1.29, 1.82) is 0 Å². The first kappa shape index (κ1) is 12.1. The molecule has 0 aliphatic heterocycles. The summed E-state index contributed by atoms with van der Waals surface area (Å²) in [4.78, 5) is 4.90. The zero-order valence-corrected chi connectivity index (χ0v) is 10.6. The Kier molecular flexibility index (Phi) is 3.81. The molecule has 0 fully saturated rings. The molecule has 0 spiro atoms. The summed E-state index contributed by atoms with van der Waals surface area (Å²) in [5, 5.41) is 3.08. The number of aromatic nitrogens is 1. The molecule has 1 heterocycles. The normalized spacial score (nSPS) is 10.3. The van der Waals surface area contributed by atoms with Crippen molar-refractivity contribution in [3.8, 4) is 5.75 Å². The standard InChI is InChI=1S/C11H10ClFN2OS/c1-16-10-3-2-7(13)4-9(10)14-5-8-6-15-11(12)17-8/h2-4,6,14H,5H2,1H3. The van der Waals surface area contributed by atoms with Gasteiger partial charge in [0.25, 0.3) is 0 Å². The monoisotopic (exact) mass is 272 g/mol. The Morgan fingerprint density at radius 2 is 2.35 bits per heavy atom. The van der Waals surface area contributed by atoms with Gasteiger partial charge in [0.2, 0.25) is 0 Å². The first-order chi connectivity index (χ1) is 8.19. The molecule has 0 radical (unpaired) electrons. The summed E-state index contributed by atoms with van der Waals surface area (Å²) in [6.07, 6.45) is 1.69.